The van der Waals surface area contributed by atoms with E-state index in [1.165, 1.54) is 6.20 Å². The van der Waals surface area contributed by atoms with Gasteiger partial charge in [-0.05, 0) is 17.8 Å². The Hall–Kier alpha value is -1.52. The maximum atomic E-state index is 11.9. The summed E-state index contributed by atoms with van der Waals surface area (Å²) in [5, 5.41) is 6.80. The first-order valence-electron chi connectivity index (χ1n) is 6.26. The number of hydrogen-bond donors (Lipinski definition) is 2. The lowest BCUT2D eigenvalue weighted by Crippen LogP contribution is -2.20. The van der Waals surface area contributed by atoms with E-state index in [-0.39, 0.29) is 11.3 Å². The summed E-state index contributed by atoms with van der Waals surface area (Å²) >= 11 is 0. The van der Waals surface area contributed by atoms with Gasteiger partial charge in [-0.2, -0.15) is 5.10 Å². The Labute approximate surface area is 109 Å². The predicted molar refractivity (Wildman–Crippen MR) is 74.1 cm³/mol. The number of aryl methyl sites for hydroxylation is 1. The van der Waals surface area contributed by atoms with Crippen molar-refractivity contribution in [3.8, 4) is 0 Å². The lowest BCUT2D eigenvalue weighted by molar-refractivity contribution is -0.117. The van der Waals surface area contributed by atoms with Crippen molar-refractivity contribution in [2.24, 2.45) is 18.4 Å². The zero-order valence-corrected chi connectivity index (χ0v) is 11.9. The van der Waals surface area contributed by atoms with Gasteiger partial charge in [0.05, 0.1) is 11.9 Å². The Morgan fingerprint density at radius 1 is 1.56 bits per heavy atom. The lowest BCUT2D eigenvalue weighted by Gasteiger charge is -2.22. The molecule has 1 atom stereocenters. The van der Waals surface area contributed by atoms with E-state index >= 15 is 0 Å². The molecule has 0 saturated heterocycles. The van der Waals surface area contributed by atoms with Gasteiger partial charge in [0, 0.05) is 13.5 Å². The molecule has 1 aromatic heterocycles. The third-order valence-corrected chi connectivity index (χ3v) is 2.72. The fraction of sp³-hybridized carbons (Fsp3) is 0.692. The molecule has 0 aliphatic heterocycles. The third-order valence-electron chi connectivity index (χ3n) is 2.72. The molecule has 0 spiro atoms. The average Bonchev–Trinajstić information content (AvgIpc) is 2.46. The molecule has 5 heteroatoms. The van der Waals surface area contributed by atoms with Crippen LogP contribution in [0.15, 0.2) is 6.20 Å². The van der Waals surface area contributed by atoms with Crippen LogP contribution in [-0.2, 0) is 11.8 Å². The predicted octanol–water partition coefficient (Wildman–Crippen LogP) is 2.40. The minimum atomic E-state index is -0.0120. The molecule has 0 fully saturated rings. The lowest BCUT2D eigenvalue weighted by atomic mass is 9.84. The second-order valence-corrected chi connectivity index (χ2v) is 6.19. The topological polar surface area (TPSA) is 72.9 Å². The van der Waals surface area contributed by atoms with Crippen LogP contribution in [0, 0.1) is 11.3 Å². The van der Waals surface area contributed by atoms with E-state index in [1.54, 1.807) is 11.7 Å². The van der Waals surface area contributed by atoms with Crippen LogP contribution < -0.4 is 11.1 Å². The van der Waals surface area contributed by atoms with Crippen LogP contribution in [0.25, 0.3) is 0 Å². The Bertz CT molecular complexity index is 398. The molecular formula is C13H24N4O. The standard InChI is InChI=1S/C13H24N4O/c1-9(7-13(2,3)4)6-11(18)16-12-10(14)8-15-17(12)5/h8-9H,6-7,14H2,1-5H3,(H,16,18). The van der Waals surface area contributed by atoms with Gasteiger partial charge < -0.3 is 11.1 Å². The van der Waals surface area contributed by atoms with E-state index in [0.29, 0.717) is 23.8 Å². The summed E-state index contributed by atoms with van der Waals surface area (Å²) in [6, 6.07) is 0. The number of anilines is 2. The van der Waals surface area contributed by atoms with Crippen molar-refractivity contribution in [2.75, 3.05) is 11.1 Å². The summed E-state index contributed by atoms with van der Waals surface area (Å²) < 4.78 is 1.57. The number of aromatic nitrogens is 2. The number of amides is 1. The van der Waals surface area contributed by atoms with Crippen LogP contribution in [0.5, 0.6) is 0 Å². The largest absolute Gasteiger partial charge is 0.394 e. The second-order valence-electron chi connectivity index (χ2n) is 6.19. The van der Waals surface area contributed by atoms with Gasteiger partial charge >= 0.3 is 0 Å². The fourth-order valence-electron chi connectivity index (χ4n) is 2.22. The van der Waals surface area contributed by atoms with Crippen molar-refractivity contribution in [3.63, 3.8) is 0 Å². The van der Waals surface area contributed by atoms with E-state index in [1.807, 2.05) is 0 Å². The molecule has 0 aliphatic carbocycles. The summed E-state index contributed by atoms with van der Waals surface area (Å²) in [6.45, 7) is 8.64. The fourth-order valence-corrected chi connectivity index (χ4v) is 2.22. The zero-order chi connectivity index (χ0) is 13.9. The number of nitrogens with one attached hydrogen (secondary N) is 1. The molecule has 1 aromatic rings. The van der Waals surface area contributed by atoms with E-state index in [0.717, 1.165) is 6.42 Å². The van der Waals surface area contributed by atoms with Crippen molar-refractivity contribution < 1.29 is 4.79 Å². The Kier molecular flexibility index (Phi) is 4.38. The molecule has 102 valence electrons. The molecule has 3 N–H and O–H groups in total. The molecule has 1 heterocycles. The van der Waals surface area contributed by atoms with Crippen LogP contribution in [0.2, 0.25) is 0 Å². The van der Waals surface area contributed by atoms with E-state index in [4.69, 9.17) is 5.73 Å². The van der Waals surface area contributed by atoms with Crippen molar-refractivity contribution >= 4 is 17.4 Å². The smallest absolute Gasteiger partial charge is 0.225 e. The van der Waals surface area contributed by atoms with Crippen LogP contribution in [-0.4, -0.2) is 15.7 Å². The van der Waals surface area contributed by atoms with Gasteiger partial charge in [-0.15, -0.1) is 0 Å². The van der Waals surface area contributed by atoms with Crippen LogP contribution in [0.3, 0.4) is 0 Å². The molecule has 0 bridgehead atoms. The van der Waals surface area contributed by atoms with Crippen molar-refractivity contribution in [1.82, 2.24) is 9.78 Å². The highest BCUT2D eigenvalue weighted by Gasteiger charge is 2.18. The van der Waals surface area contributed by atoms with Gasteiger partial charge in [-0.1, -0.05) is 27.7 Å². The first kappa shape index (κ1) is 14.5. The Morgan fingerprint density at radius 3 is 2.61 bits per heavy atom. The highest BCUT2D eigenvalue weighted by molar-refractivity contribution is 5.92. The molecule has 18 heavy (non-hydrogen) atoms. The van der Waals surface area contributed by atoms with E-state index in [9.17, 15) is 4.79 Å². The summed E-state index contributed by atoms with van der Waals surface area (Å²) in [5.41, 5.74) is 6.46. The van der Waals surface area contributed by atoms with Crippen molar-refractivity contribution in [2.45, 2.75) is 40.5 Å². The van der Waals surface area contributed by atoms with Gasteiger partial charge in [-0.3, -0.25) is 9.48 Å². The number of nitrogens with zero attached hydrogens (tertiary/aromatic N) is 2. The molecule has 1 unspecified atom stereocenters. The maximum absolute atomic E-state index is 11.9. The van der Waals surface area contributed by atoms with Crippen LogP contribution >= 0.6 is 0 Å². The molecule has 1 amide bonds. The van der Waals surface area contributed by atoms with Crippen molar-refractivity contribution in [1.29, 1.82) is 0 Å². The summed E-state index contributed by atoms with van der Waals surface area (Å²) in [7, 11) is 1.75. The molecule has 0 saturated carbocycles. The van der Waals surface area contributed by atoms with Gasteiger partial charge in [0.2, 0.25) is 5.91 Å². The van der Waals surface area contributed by atoms with Crippen LogP contribution in [0.1, 0.15) is 40.5 Å². The van der Waals surface area contributed by atoms with E-state index < -0.39 is 0 Å². The molecule has 0 radical (unpaired) electrons. The number of rotatable bonds is 4. The average molecular weight is 252 g/mol. The second kappa shape index (κ2) is 5.42. The maximum Gasteiger partial charge on any atom is 0.225 e. The van der Waals surface area contributed by atoms with Gasteiger partial charge in [0.1, 0.15) is 0 Å². The molecular weight excluding hydrogens is 228 g/mol. The normalized spacial score (nSPS) is 13.4. The Balaban J connectivity index is 2.52. The molecule has 0 aliphatic rings. The zero-order valence-electron chi connectivity index (χ0n) is 11.9. The van der Waals surface area contributed by atoms with Gasteiger partial charge in [-0.25, -0.2) is 0 Å². The minimum Gasteiger partial charge on any atom is -0.394 e. The van der Waals surface area contributed by atoms with Crippen molar-refractivity contribution in [3.05, 3.63) is 6.20 Å². The summed E-state index contributed by atoms with van der Waals surface area (Å²) in [5.74, 6) is 0.907. The highest BCUT2D eigenvalue weighted by Crippen LogP contribution is 2.26. The van der Waals surface area contributed by atoms with E-state index in [2.05, 4.69) is 38.1 Å². The number of nitrogens with two attached hydrogens (primary N) is 1. The Morgan fingerprint density at radius 2 is 2.17 bits per heavy atom. The number of carbonyl (C=O) groups is 1. The minimum absolute atomic E-state index is 0.0120. The first-order valence-corrected chi connectivity index (χ1v) is 6.26. The van der Waals surface area contributed by atoms with Gasteiger partial charge in [0.15, 0.2) is 5.82 Å². The summed E-state index contributed by atoms with van der Waals surface area (Å²) in [6.07, 6.45) is 3.05. The number of carbonyl (C=O) groups excluding carboxylic acids is 1. The van der Waals surface area contributed by atoms with Gasteiger partial charge in [0.25, 0.3) is 0 Å². The third kappa shape index (κ3) is 4.39. The quantitative estimate of drug-likeness (QED) is 0.864. The highest BCUT2D eigenvalue weighted by atomic mass is 16.1. The first-order chi connectivity index (χ1) is 8.19. The SMILES string of the molecule is CC(CC(=O)Nc1c(N)cnn1C)CC(C)(C)C. The molecule has 5 nitrogen and oxygen atoms in total. The van der Waals surface area contributed by atoms with Crippen LogP contribution in [0.4, 0.5) is 11.5 Å². The summed E-state index contributed by atoms with van der Waals surface area (Å²) in [4.78, 5) is 11.9. The molecule has 1 rings (SSSR count). The molecule has 0 aromatic carbocycles. The monoisotopic (exact) mass is 252 g/mol. The number of hydrogen-bond acceptors (Lipinski definition) is 3. The number of nitrogen functional groups attached to an aromatic ring is 1.